The number of aromatic nitrogens is 1. The smallest absolute Gasteiger partial charge is 0.0722 e. The number of benzene rings is 1. The zero-order valence-corrected chi connectivity index (χ0v) is 16.6. The van der Waals surface area contributed by atoms with Crippen molar-refractivity contribution in [3.05, 3.63) is 36.5 Å². The van der Waals surface area contributed by atoms with E-state index in [0.717, 1.165) is 36.2 Å². The Kier molecular flexibility index (Phi) is 4.59. The Labute approximate surface area is 163 Å². The molecule has 3 heteroatoms. The van der Waals surface area contributed by atoms with Crippen LogP contribution in [-0.2, 0) is 0 Å². The molecule has 1 atom stereocenters. The molecule has 0 radical (unpaired) electrons. The summed E-state index contributed by atoms with van der Waals surface area (Å²) in [5.74, 6) is 3.16. The van der Waals surface area contributed by atoms with Gasteiger partial charge in [-0.3, -0.25) is 4.98 Å². The molecule has 1 aromatic heterocycles. The molecular formula is C24H33N3. The van der Waals surface area contributed by atoms with Crippen LogP contribution in [-0.4, -0.2) is 24.1 Å². The minimum absolute atomic E-state index is 0.458. The monoisotopic (exact) mass is 363 g/mol. The topological polar surface area (TPSA) is 37.0 Å². The summed E-state index contributed by atoms with van der Waals surface area (Å²) < 4.78 is 0. The van der Waals surface area contributed by atoms with E-state index in [4.69, 9.17) is 0 Å². The van der Waals surface area contributed by atoms with Crippen LogP contribution in [0.5, 0.6) is 0 Å². The van der Waals surface area contributed by atoms with Gasteiger partial charge in [0.2, 0.25) is 0 Å². The van der Waals surface area contributed by atoms with Crippen molar-refractivity contribution in [2.45, 2.75) is 57.9 Å². The van der Waals surface area contributed by atoms with Crippen LogP contribution in [0.2, 0.25) is 0 Å². The Hall–Kier alpha value is -1.61. The van der Waals surface area contributed by atoms with Gasteiger partial charge in [-0.25, -0.2) is 0 Å². The van der Waals surface area contributed by atoms with Crippen molar-refractivity contribution in [2.75, 3.05) is 18.4 Å². The average Bonchev–Trinajstić information content (AvgIpc) is 2.65. The van der Waals surface area contributed by atoms with Crippen molar-refractivity contribution in [3.8, 4) is 0 Å². The Morgan fingerprint density at radius 3 is 2.48 bits per heavy atom. The Morgan fingerprint density at radius 2 is 1.74 bits per heavy atom. The largest absolute Gasteiger partial charge is 0.382 e. The van der Waals surface area contributed by atoms with Gasteiger partial charge < -0.3 is 10.6 Å². The number of rotatable bonds is 7. The zero-order chi connectivity index (χ0) is 18.3. The van der Waals surface area contributed by atoms with Crippen LogP contribution in [0, 0.1) is 23.2 Å². The van der Waals surface area contributed by atoms with Crippen LogP contribution < -0.4 is 10.6 Å². The first-order valence-electron chi connectivity index (χ1n) is 11.0. The SMILES string of the molecule is CC(CCNCC12CC3CC(CC(C3)C1)C2)Nc1ccnc2ccccc12. The maximum absolute atomic E-state index is 4.46. The highest BCUT2D eigenvalue weighted by Gasteiger charge is 2.50. The molecule has 0 saturated heterocycles. The number of nitrogens with zero attached hydrogens (tertiary/aromatic N) is 1. The predicted octanol–water partition coefficient (Wildman–Crippen LogP) is 5.23. The van der Waals surface area contributed by atoms with E-state index in [2.05, 4.69) is 52.9 Å². The first-order chi connectivity index (χ1) is 13.2. The molecule has 144 valence electrons. The van der Waals surface area contributed by atoms with E-state index in [1.807, 2.05) is 6.20 Å². The van der Waals surface area contributed by atoms with Crippen molar-refractivity contribution >= 4 is 16.6 Å². The molecule has 3 nitrogen and oxygen atoms in total. The van der Waals surface area contributed by atoms with E-state index in [1.54, 1.807) is 19.3 Å². The summed E-state index contributed by atoms with van der Waals surface area (Å²) >= 11 is 0. The van der Waals surface area contributed by atoms with Crippen molar-refractivity contribution in [2.24, 2.45) is 23.2 Å². The van der Waals surface area contributed by atoms with E-state index in [-0.39, 0.29) is 0 Å². The minimum atomic E-state index is 0.458. The summed E-state index contributed by atoms with van der Waals surface area (Å²) in [5.41, 5.74) is 2.91. The van der Waals surface area contributed by atoms with Crippen molar-refractivity contribution in [1.82, 2.24) is 10.3 Å². The van der Waals surface area contributed by atoms with E-state index >= 15 is 0 Å². The fraction of sp³-hybridized carbons (Fsp3) is 0.625. The summed E-state index contributed by atoms with van der Waals surface area (Å²) in [6.45, 7) is 4.65. The van der Waals surface area contributed by atoms with Gasteiger partial charge in [-0.15, -0.1) is 0 Å². The molecule has 0 amide bonds. The van der Waals surface area contributed by atoms with Gasteiger partial charge in [0, 0.05) is 29.9 Å². The lowest BCUT2D eigenvalue weighted by molar-refractivity contribution is -0.0512. The summed E-state index contributed by atoms with van der Waals surface area (Å²) in [4.78, 5) is 4.46. The minimum Gasteiger partial charge on any atom is -0.382 e. The van der Waals surface area contributed by atoms with Gasteiger partial charge in [-0.1, -0.05) is 18.2 Å². The van der Waals surface area contributed by atoms with E-state index in [9.17, 15) is 0 Å². The van der Waals surface area contributed by atoms with Crippen LogP contribution in [0.1, 0.15) is 51.9 Å². The second kappa shape index (κ2) is 7.09. The number of nitrogens with one attached hydrogen (secondary N) is 2. The summed E-state index contributed by atoms with van der Waals surface area (Å²) in [6, 6.07) is 10.9. The van der Waals surface area contributed by atoms with Crippen LogP contribution in [0.15, 0.2) is 36.5 Å². The van der Waals surface area contributed by atoms with Gasteiger partial charge in [-0.2, -0.15) is 0 Å². The third-order valence-electron chi connectivity index (χ3n) is 7.47. The first-order valence-corrected chi connectivity index (χ1v) is 11.0. The van der Waals surface area contributed by atoms with Gasteiger partial charge in [0.25, 0.3) is 0 Å². The highest BCUT2D eigenvalue weighted by atomic mass is 14.9. The van der Waals surface area contributed by atoms with Gasteiger partial charge in [0.15, 0.2) is 0 Å². The zero-order valence-electron chi connectivity index (χ0n) is 16.6. The van der Waals surface area contributed by atoms with Gasteiger partial charge >= 0.3 is 0 Å². The molecule has 4 aliphatic carbocycles. The molecule has 2 aromatic rings. The molecule has 1 heterocycles. The Morgan fingerprint density at radius 1 is 1.04 bits per heavy atom. The molecule has 4 aliphatic rings. The lowest BCUT2D eigenvalue weighted by Crippen LogP contribution is -2.50. The van der Waals surface area contributed by atoms with Crippen molar-refractivity contribution in [3.63, 3.8) is 0 Å². The number of fused-ring (bicyclic) bond motifs is 1. The highest BCUT2D eigenvalue weighted by molar-refractivity contribution is 5.90. The van der Waals surface area contributed by atoms with Crippen LogP contribution in [0.4, 0.5) is 5.69 Å². The van der Waals surface area contributed by atoms with Crippen molar-refractivity contribution in [1.29, 1.82) is 0 Å². The lowest BCUT2D eigenvalue weighted by Gasteiger charge is -2.57. The van der Waals surface area contributed by atoms with E-state index in [0.29, 0.717) is 11.5 Å². The lowest BCUT2D eigenvalue weighted by atomic mass is 9.49. The maximum Gasteiger partial charge on any atom is 0.0722 e. The van der Waals surface area contributed by atoms with Crippen LogP contribution in [0.25, 0.3) is 10.9 Å². The van der Waals surface area contributed by atoms with E-state index in [1.165, 1.54) is 36.9 Å². The quantitative estimate of drug-likeness (QED) is 0.661. The highest BCUT2D eigenvalue weighted by Crippen LogP contribution is 2.59. The molecule has 0 aliphatic heterocycles. The summed E-state index contributed by atoms with van der Waals surface area (Å²) in [5, 5.41) is 8.76. The standard InChI is InChI=1S/C24H33N3/c1-17(27-23-7-9-26-22-5-3-2-4-21(22)23)6-8-25-16-24-13-18-10-19(14-24)12-20(11-18)15-24/h2-5,7,9,17-20,25H,6,8,10-16H2,1H3,(H,26,27). The van der Waals surface area contributed by atoms with Crippen LogP contribution >= 0.6 is 0 Å². The molecule has 4 saturated carbocycles. The fourth-order valence-electron chi connectivity index (χ4n) is 6.74. The second-order valence-corrected chi connectivity index (χ2v) is 9.80. The molecule has 2 N–H and O–H groups in total. The van der Waals surface area contributed by atoms with Gasteiger partial charge in [-0.05, 0) is 93.7 Å². The summed E-state index contributed by atoms with van der Waals surface area (Å²) in [6.07, 6.45) is 12.2. The van der Waals surface area contributed by atoms with Gasteiger partial charge in [0.1, 0.15) is 0 Å². The number of hydrogen-bond acceptors (Lipinski definition) is 3. The molecular weight excluding hydrogens is 330 g/mol. The molecule has 0 spiro atoms. The predicted molar refractivity (Wildman–Crippen MR) is 113 cm³/mol. The first kappa shape index (κ1) is 17.5. The molecule has 4 bridgehead atoms. The summed E-state index contributed by atoms with van der Waals surface area (Å²) in [7, 11) is 0. The number of para-hydroxylation sites is 1. The third kappa shape index (κ3) is 3.59. The molecule has 27 heavy (non-hydrogen) atoms. The molecule has 1 aromatic carbocycles. The average molecular weight is 364 g/mol. The Balaban J connectivity index is 1.12. The van der Waals surface area contributed by atoms with E-state index < -0.39 is 0 Å². The normalized spacial score (nSPS) is 32.7. The fourth-order valence-corrected chi connectivity index (χ4v) is 6.74. The maximum atomic E-state index is 4.46. The number of anilines is 1. The van der Waals surface area contributed by atoms with Crippen LogP contribution in [0.3, 0.4) is 0 Å². The number of hydrogen-bond donors (Lipinski definition) is 2. The molecule has 6 rings (SSSR count). The van der Waals surface area contributed by atoms with Crippen molar-refractivity contribution < 1.29 is 0 Å². The third-order valence-corrected chi connectivity index (χ3v) is 7.47. The molecule has 1 unspecified atom stereocenters. The molecule has 4 fully saturated rings. The second-order valence-electron chi connectivity index (χ2n) is 9.80. The van der Waals surface area contributed by atoms with Gasteiger partial charge in [0.05, 0.1) is 5.52 Å². The Bertz CT molecular complexity index is 759. The number of pyridine rings is 1.